The summed E-state index contributed by atoms with van der Waals surface area (Å²) in [5, 5.41) is 6.44. The lowest BCUT2D eigenvalue weighted by atomic mass is 9.95. The van der Waals surface area contributed by atoms with Crippen molar-refractivity contribution in [3.63, 3.8) is 0 Å². The second-order valence-corrected chi connectivity index (χ2v) is 7.08. The third-order valence-electron chi connectivity index (χ3n) is 5.20. The van der Waals surface area contributed by atoms with E-state index in [4.69, 9.17) is 0 Å². The number of carbonyl (C=O) groups excluding carboxylic acids is 1. The van der Waals surface area contributed by atoms with Crippen LogP contribution in [0.25, 0.3) is 0 Å². The summed E-state index contributed by atoms with van der Waals surface area (Å²) in [4.78, 5) is 15.1. The van der Waals surface area contributed by atoms with E-state index in [1.165, 1.54) is 42.6 Å². The Balaban J connectivity index is 1.39. The number of anilines is 1. The molecule has 2 aromatic carbocycles. The third kappa shape index (κ3) is 3.91. The summed E-state index contributed by atoms with van der Waals surface area (Å²) in [6.07, 6.45) is 3.34. The molecule has 0 unspecified atom stereocenters. The average molecular weight is 335 g/mol. The van der Waals surface area contributed by atoms with Gasteiger partial charge in [-0.1, -0.05) is 36.4 Å². The molecule has 0 aromatic heterocycles. The van der Waals surface area contributed by atoms with Crippen LogP contribution < -0.4 is 10.6 Å². The fraction of sp³-hybridized carbons (Fsp3) is 0.381. The molecule has 2 aliphatic rings. The summed E-state index contributed by atoms with van der Waals surface area (Å²) in [7, 11) is 0. The highest BCUT2D eigenvalue weighted by atomic mass is 16.2. The Morgan fingerprint density at radius 1 is 1.08 bits per heavy atom. The molecular formula is C21H25N3O. The zero-order chi connectivity index (χ0) is 17.1. The van der Waals surface area contributed by atoms with Crippen LogP contribution in [0.3, 0.4) is 0 Å². The van der Waals surface area contributed by atoms with E-state index in [1.807, 2.05) is 24.3 Å². The number of benzene rings is 2. The van der Waals surface area contributed by atoms with Gasteiger partial charge in [-0.3, -0.25) is 9.69 Å². The first kappa shape index (κ1) is 16.3. The Labute approximate surface area is 149 Å². The van der Waals surface area contributed by atoms with Crippen molar-refractivity contribution in [3.05, 3.63) is 65.2 Å². The summed E-state index contributed by atoms with van der Waals surface area (Å²) in [6, 6.07) is 16.4. The molecule has 1 atom stereocenters. The summed E-state index contributed by atoms with van der Waals surface area (Å²) in [5.74, 6) is 0.0489. The molecule has 0 saturated carbocycles. The van der Waals surface area contributed by atoms with Crippen molar-refractivity contribution in [3.8, 4) is 0 Å². The van der Waals surface area contributed by atoms with Crippen molar-refractivity contribution in [2.75, 3.05) is 18.4 Å². The Morgan fingerprint density at radius 3 is 2.72 bits per heavy atom. The predicted octanol–water partition coefficient (Wildman–Crippen LogP) is 2.94. The van der Waals surface area contributed by atoms with Crippen molar-refractivity contribution in [2.24, 2.45) is 0 Å². The van der Waals surface area contributed by atoms with Gasteiger partial charge in [0.2, 0.25) is 5.91 Å². The normalized spacial score (nSPS) is 20.2. The maximum atomic E-state index is 12.6. The first-order chi connectivity index (χ1) is 12.3. The zero-order valence-electron chi connectivity index (χ0n) is 14.5. The zero-order valence-corrected chi connectivity index (χ0v) is 14.5. The van der Waals surface area contributed by atoms with E-state index in [-0.39, 0.29) is 11.9 Å². The van der Waals surface area contributed by atoms with E-state index in [1.54, 1.807) is 0 Å². The molecule has 2 N–H and O–H groups in total. The first-order valence-corrected chi connectivity index (χ1v) is 9.20. The molecule has 130 valence electrons. The van der Waals surface area contributed by atoms with Gasteiger partial charge in [-0.05, 0) is 61.2 Å². The van der Waals surface area contributed by atoms with E-state index in [2.05, 4.69) is 39.8 Å². The molecule has 4 nitrogen and oxygen atoms in total. The summed E-state index contributed by atoms with van der Waals surface area (Å²) < 4.78 is 0. The Kier molecular flexibility index (Phi) is 4.81. The largest absolute Gasteiger partial charge is 0.325 e. The second kappa shape index (κ2) is 7.38. The van der Waals surface area contributed by atoms with Gasteiger partial charge in [0.1, 0.15) is 0 Å². The Morgan fingerprint density at radius 2 is 1.88 bits per heavy atom. The van der Waals surface area contributed by atoms with Crippen molar-refractivity contribution in [2.45, 2.75) is 38.4 Å². The Hall–Kier alpha value is -2.17. The number of nitrogens with one attached hydrogen (secondary N) is 2. The van der Waals surface area contributed by atoms with Crippen LogP contribution in [-0.4, -0.2) is 29.9 Å². The third-order valence-corrected chi connectivity index (χ3v) is 5.20. The fourth-order valence-corrected chi connectivity index (χ4v) is 3.82. The molecule has 25 heavy (non-hydrogen) atoms. The smallest absolute Gasteiger partial charge is 0.241 e. The monoisotopic (exact) mass is 335 g/mol. The van der Waals surface area contributed by atoms with Gasteiger partial charge in [-0.25, -0.2) is 0 Å². The number of rotatable bonds is 4. The first-order valence-electron chi connectivity index (χ1n) is 9.20. The second-order valence-electron chi connectivity index (χ2n) is 7.08. The molecule has 0 aliphatic carbocycles. The van der Waals surface area contributed by atoms with Gasteiger partial charge < -0.3 is 10.6 Å². The van der Waals surface area contributed by atoms with Crippen LogP contribution in [-0.2, 0) is 24.3 Å². The number of hydrogen-bond acceptors (Lipinski definition) is 3. The van der Waals surface area contributed by atoms with Crippen LogP contribution in [0, 0.1) is 0 Å². The molecule has 0 spiro atoms. The molecule has 0 bridgehead atoms. The highest BCUT2D eigenvalue weighted by Crippen LogP contribution is 2.19. The van der Waals surface area contributed by atoms with E-state index < -0.39 is 0 Å². The van der Waals surface area contributed by atoms with Crippen molar-refractivity contribution >= 4 is 11.6 Å². The summed E-state index contributed by atoms with van der Waals surface area (Å²) in [6.45, 7) is 4.09. The van der Waals surface area contributed by atoms with Gasteiger partial charge in [-0.2, -0.15) is 0 Å². The molecule has 2 aromatic rings. The Bertz CT molecular complexity index is 752. The van der Waals surface area contributed by atoms with Gasteiger partial charge in [0.25, 0.3) is 0 Å². The van der Waals surface area contributed by atoms with Crippen molar-refractivity contribution in [1.82, 2.24) is 10.2 Å². The van der Waals surface area contributed by atoms with E-state index in [0.717, 1.165) is 25.2 Å². The minimum Gasteiger partial charge on any atom is -0.325 e. The van der Waals surface area contributed by atoms with Crippen LogP contribution >= 0.6 is 0 Å². The predicted molar refractivity (Wildman–Crippen MR) is 100 cm³/mol. The molecular weight excluding hydrogens is 310 g/mol. The van der Waals surface area contributed by atoms with Gasteiger partial charge in [0.05, 0.1) is 6.04 Å². The van der Waals surface area contributed by atoms with E-state index in [0.29, 0.717) is 0 Å². The van der Waals surface area contributed by atoms with Gasteiger partial charge >= 0.3 is 0 Å². The lowest BCUT2D eigenvalue weighted by Gasteiger charge is -2.25. The fourth-order valence-electron chi connectivity index (χ4n) is 3.82. The number of nitrogens with zero attached hydrogens (tertiary/aromatic N) is 1. The topological polar surface area (TPSA) is 44.4 Å². The number of amides is 1. The van der Waals surface area contributed by atoms with Crippen LogP contribution in [0.2, 0.25) is 0 Å². The molecule has 1 fully saturated rings. The maximum Gasteiger partial charge on any atom is 0.241 e. The lowest BCUT2D eigenvalue weighted by molar-refractivity contribution is -0.118. The van der Waals surface area contributed by atoms with Crippen LogP contribution in [0.15, 0.2) is 48.5 Å². The summed E-state index contributed by atoms with van der Waals surface area (Å²) in [5.41, 5.74) is 4.72. The number of carbonyl (C=O) groups is 1. The van der Waals surface area contributed by atoms with Crippen molar-refractivity contribution < 1.29 is 4.79 Å². The molecule has 1 amide bonds. The SMILES string of the molecule is O=C(Nc1cccc(CN2CCCC2)c1)[C@H]1Cc2ccccc2CN1. The van der Waals surface area contributed by atoms with Crippen LogP contribution in [0.1, 0.15) is 29.5 Å². The van der Waals surface area contributed by atoms with Gasteiger partial charge in [0, 0.05) is 18.8 Å². The number of hydrogen-bond donors (Lipinski definition) is 2. The van der Waals surface area contributed by atoms with E-state index in [9.17, 15) is 4.79 Å². The van der Waals surface area contributed by atoms with E-state index >= 15 is 0 Å². The minimum absolute atomic E-state index is 0.0489. The van der Waals surface area contributed by atoms with Crippen LogP contribution in [0.4, 0.5) is 5.69 Å². The standard InChI is InChI=1S/C21H25N3O/c25-21(20-13-17-7-1-2-8-18(17)14-22-20)23-19-9-5-6-16(12-19)15-24-10-3-4-11-24/h1-2,5-9,12,20,22H,3-4,10-11,13-15H2,(H,23,25)/t20-/m1/s1. The van der Waals surface area contributed by atoms with Crippen LogP contribution in [0.5, 0.6) is 0 Å². The molecule has 4 rings (SSSR count). The minimum atomic E-state index is -0.169. The lowest BCUT2D eigenvalue weighted by Crippen LogP contribution is -2.44. The quantitative estimate of drug-likeness (QED) is 0.903. The molecule has 2 aliphatic heterocycles. The average Bonchev–Trinajstić information content (AvgIpc) is 3.14. The molecule has 1 saturated heterocycles. The highest BCUT2D eigenvalue weighted by Gasteiger charge is 2.24. The van der Waals surface area contributed by atoms with Crippen molar-refractivity contribution in [1.29, 1.82) is 0 Å². The highest BCUT2D eigenvalue weighted by molar-refractivity contribution is 5.95. The maximum absolute atomic E-state index is 12.6. The molecule has 2 heterocycles. The molecule has 4 heteroatoms. The van der Waals surface area contributed by atoms with Gasteiger partial charge in [-0.15, -0.1) is 0 Å². The number of fused-ring (bicyclic) bond motifs is 1. The van der Waals surface area contributed by atoms with Gasteiger partial charge in [0.15, 0.2) is 0 Å². The number of likely N-dealkylation sites (tertiary alicyclic amines) is 1. The molecule has 0 radical (unpaired) electrons. The summed E-state index contributed by atoms with van der Waals surface area (Å²) >= 11 is 0.